The van der Waals surface area contributed by atoms with Crippen LogP contribution in [0, 0.1) is 5.92 Å². The number of hydrogen-bond acceptors (Lipinski definition) is 3. The van der Waals surface area contributed by atoms with Crippen molar-refractivity contribution in [2.75, 3.05) is 31.6 Å². The number of nitrogens with one attached hydrogen (secondary N) is 1. The van der Waals surface area contributed by atoms with E-state index >= 15 is 0 Å². The van der Waals surface area contributed by atoms with E-state index in [1.807, 2.05) is 11.8 Å². The highest BCUT2D eigenvalue weighted by Crippen LogP contribution is 2.16. The lowest BCUT2D eigenvalue weighted by atomic mass is 9.98. The Morgan fingerprint density at radius 3 is 2.71 bits per heavy atom. The summed E-state index contributed by atoms with van der Waals surface area (Å²) in [6.45, 7) is 10.7. The quantitative estimate of drug-likeness (QED) is 0.707. The summed E-state index contributed by atoms with van der Waals surface area (Å²) in [6, 6.07) is 1.46. The lowest BCUT2D eigenvalue weighted by Crippen LogP contribution is -2.58. The summed E-state index contributed by atoms with van der Waals surface area (Å²) in [6.07, 6.45) is 6.21. The van der Waals surface area contributed by atoms with Crippen LogP contribution in [-0.4, -0.2) is 48.6 Å². The molecule has 1 heterocycles. The predicted molar refractivity (Wildman–Crippen MR) is 79.9 cm³/mol. The van der Waals surface area contributed by atoms with Gasteiger partial charge in [-0.3, -0.25) is 4.90 Å². The van der Waals surface area contributed by atoms with E-state index in [1.54, 1.807) is 0 Å². The Labute approximate surface area is 112 Å². The minimum atomic E-state index is 0.693. The molecule has 0 spiro atoms. The maximum Gasteiger partial charge on any atom is 0.0218 e. The molecule has 17 heavy (non-hydrogen) atoms. The molecular weight excluding hydrogens is 228 g/mol. The average Bonchev–Trinajstić information content (AvgIpc) is 2.34. The molecule has 2 unspecified atom stereocenters. The molecule has 0 radical (unpaired) electrons. The van der Waals surface area contributed by atoms with Gasteiger partial charge in [0.15, 0.2) is 0 Å². The van der Waals surface area contributed by atoms with Gasteiger partial charge < -0.3 is 5.32 Å². The SMILES string of the molecule is CCC1CNC(C(C)C)CN1CCCCSC. The maximum absolute atomic E-state index is 3.71. The second kappa shape index (κ2) is 8.39. The molecule has 2 atom stereocenters. The van der Waals surface area contributed by atoms with Crippen LogP contribution in [0.15, 0.2) is 0 Å². The van der Waals surface area contributed by atoms with Gasteiger partial charge >= 0.3 is 0 Å². The van der Waals surface area contributed by atoms with Crippen molar-refractivity contribution in [2.24, 2.45) is 5.92 Å². The maximum atomic E-state index is 3.71. The summed E-state index contributed by atoms with van der Waals surface area (Å²) in [7, 11) is 0. The molecular formula is C14H30N2S. The Hall–Kier alpha value is 0.270. The lowest BCUT2D eigenvalue weighted by Gasteiger charge is -2.41. The molecule has 1 aliphatic rings. The van der Waals surface area contributed by atoms with Crippen molar-refractivity contribution in [1.82, 2.24) is 10.2 Å². The third kappa shape index (κ3) is 5.19. The van der Waals surface area contributed by atoms with E-state index in [0.29, 0.717) is 6.04 Å². The third-order valence-electron chi connectivity index (χ3n) is 3.88. The fourth-order valence-electron chi connectivity index (χ4n) is 2.57. The molecule has 1 saturated heterocycles. The van der Waals surface area contributed by atoms with E-state index in [0.717, 1.165) is 12.0 Å². The molecule has 1 fully saturated rings. The zero-order valence-corrected chi connectivity index (χ0v) is 12.9. The van der Waals surface area contributed by atoms with Crippen molar-refractivity contribution in [2.45, 2.75) is 52.1 Å². The minimum absolute atomic E-state index is 0.693. The van der Waals surface area contributed by atoms with E-state index in [-0.39, 0.29) is 0 Å². The highest BCUT2D eigenvalue weighted by atomic mass is 32.2. The molecule has 0 amide bonds. The molecule has 0 saturated carbocycles. The number of rotatable bonds is 7. The molecule has 1 N–H and O–H groups in total. The number of piperazine rings is 1. The largest absolute Gasteiger partial charge is 0.311 e. The molecule has 0 aromatic carbocycles. The second-order valence-electron chi connectivity index (χ2n) is 5.52. The van der Waals surface area contributed by atoms with Crippen LogP contribution in [0.3, 0.4) is 0 Å². The normalized spacial score (nSPS) is 26.6. The molecule has 0 aromatic rings. The highest BCUT2D eigenvalue weighted by molar-refractivity contribution is 7.98. The van der Waals surface area contributed by atoms with Crippen LogP contribution in [0.2, 0.25) is 0 Å². The molecule has 2 nitrogen and oxygen atoms in total. The smallest absolute Gasteiger partial charge is 0.0218 e. The Morgan fingerprint density at radius 2 is 2.12 bits per heavy atom. The highest BCUT2D eigenvalue weighted by Gasteiger charge is 2.27. The molecule has 0 aromatic heterocycles. The van der Waals surface area contributed by atoms with Gasteiger partial charge in [0.1, 0.15) is 0 Å². The van der Waals surface area contributed by atoms with E-state index in [9.17, 15) is 0 Å². The zero-order chi connectivity index (χ0) is 12.7. The van der Waals surface area contributed by atoms with Gasteiger partial charge in [0, 0.05) is 25.2 Å². The number of unbranched alkanes of at least 4 members (excludes halogenated alkanes) is 1. The summed E-state index contributed by atoms with van der Waals surface area (Å²) in [5.41, 5.74) is 0. The van der Waals surface area contributed by atoms with Gasteiger partial charge in [-0.05, 0) is 43.7 Å². The first kappa shape index (κ1) is 15.3. The first-order chi connectivity index (χ1) is 8.19. The number of hydrogen-bond donors (Lipinski definition) is 1. The minimum Gasteiger partial charge on any atom is -0.311 e. The number of nitrogens with zero attached hydrogens (tertiary/aromatic N) is 1. The fraction of sp³-hybridized carbons (Fsp3) is 1.00. The summed E-state index contributed by atoms with van der Waals surface area (Å²) in [5.74, 6) is 2.07. The van der Waals surface area contributed by atoms with Crippen LogP contribution in [-0.2, 0) is 0 Å². The molecule has 3 heteroatoms. The van der Waals surface area contributed by atoms with Gasteiger partial charge in [0.05, 0.1) is 0 Å². The molecule has 0 bridgehead atoms. The monoisotopic (exact) mass is 258 g/mol. The van der Waals surface area contributed by atoms with Crippen LogP contribution in [0.25, 0.3) is 0 Å². The number of thioether (sulfide) groups is 1. The van der Waals surface area contributed by atoms with Crippen LogP contribution in [0.4, 0.5) is 0 Å². The van der Waals surface area contributed by atoms with Crippen molar-refractivity contribution in [3.8, 4) is 0 Å². The van der Waals surface area contributed by atoms with Gasteiger partial charge in [-0.1, -0.05) is 20.8 Å². The summed E-state index contributed by atoms with van der Waals surface area (Å²) in [5, 5.41) is 3.71. The van der Waals surface area contributed by atoms with Gasteiger partial charge in [0.25, 0.3) is 0 Å². The summed E-state index contributed by atoms with van der Waals surface area (Å²) in [4.78, 5) is 2.72. The lowest BCUT2D eigenvalue weighted by molar-refractivity contribution is 0.109. The second-order valence-corrected chi connectivity index (χ2v) is 6.50. The Bertz CT molecular complexity index is 197. The fourth-order valence-corrected chi connectivity index (χ4v) is 3.06. The Kier molecular flexibility index (Phi) is 7.56. The standard InChI is InChI=1S/C14H30N2S/c1-5-13-10-15-14(12(2)3)11-16(13)8-6-7-9-17-4/h12-15H,5-11H2,1-4H3. The molecule has 1 aliphatic heterocycles. The van der Waals surface area contributed by atoms with Crippen LogP contribution < -0.4 is 5.32 Å². The predicted octanol–water partition coefficient (Wildman–Crippen LogP) is 2.84. The average molecular weight is 258 g/mol. The van der Waals surface area contributed by atoms with Gasteiger partial charge in [0.2, 0.25) is 0 Å². The molecule has 0 aliphatic carbocycles. The van der Waals surface area contributed by atoms with Crippen molar-refractivity contribution < 1.29 is 0 Å². The molecule has 102 valence electrons. The van der Waals surface area contributed by atoms with Crippen molar-refractivity contribution in [3.63, 3.8) is 0 Å². The first-order valence-corrected chi connectivity index (χ1v) is 8.54. The van der Waals surface area contributed by atoms with Crippen LogP contribution >= 0.6 is 11.8 Å². The van der Waals surface area contributed by atoms with Gasteiger partial charge in [-0.25, -0.2) is 0 Å². The van der Waals surface area contributed by atoms with Gasteiger partial charge in [-0.15, -0.1) is 0 Å². The van der Waals surface area contributed by atoms with E-state index in [1.165, 1.54) is 44.6 Å². The van der Waals surface area contributed by atoms with Crippen molar-refractivity contribution >= 4 is 11.8 Å². The molecule has 1 rings (SSSR count). The first-order valence-electron chi connectivity index (χ1n) is 7.15. The van der Waals surface area contributed by atoms with E-state index < -0.39 is 0 Å². The van der Waals surface area contributed by atoms with E-state index in [2.05, 4.69) is 37.2 Å². The summed E-state index contributed by atoms with van der Waals surface area (Å²) >= 11 is 1.97. The van der Waals surface area contributed by atoms with Crippen molar-refractivity contribution in [3.05, 3.63) is 0 Å². The Morgan fingerprint density at radius 1 is 1.35 bits per heavy atom. The van der Waals surface area contributed by atoms with Crippen molar-refractivity contribution in [1.29, 1.82) is 0 Å². The third-order valence-corrected chi connectivity index (χ3v) is 4.58. The van der Waals surface area contributed by atoms with Crippen LogP contribution in [0.1, 0.15) is 40.0 Å². The van der Waals surface area contributed by atoms with Crippen LogP contribution in [0.5, 0.6) is 0 Å². The topological polar surface area (TPSA) is 15.3 Å². The zero-order valence-electron chi connectivity index (χ0n) is 12.0. The van der Waals surface area contributed by atoms with Gasteiger partial charge in [-0.2, -0.15) is 11.8 Å². The Balaban J connectivity index is 2.34. The van der Waals surface area contributed by atoms with E-state index in [4.69, 9.17) is 0 Å². The summed E-state index contributed by atoms with van der Waals surface area (Å²) < 4.78 is 0.